The van der Waals surface area contributed by atoms with Crippen LogP contribution in [0, 0.1) is 18.3 Å². The molecule has 0 atom stereocenters. The van der Waals surface area contributed by atoms with E-state index in [1.807, 2.05) is 13.0 Å². The second kappa shape index (κ2) is 7.94. The van der Waals surface area contributed by atoms with Gasteiger partial charge >= 0.3 is 0 Å². The van der Waals surface area contributed by atoms with E-state index in [1.54, 1.807) is 24.3 Å². The van der Waals surface area contributed by atoms with Crippen LogP contribution in [0.3, 0.4) is 0 Å². The Labute approximate surface area is 157 Å². The molecule has 26 heavy (non-hydrogen) atoms. The molecule has 0 aliphatic carbocycles. The summed E-state index contributed by atoms with van der Waals surface area (Å²) in [7, 11) is 0. The van der Waals surface area contributed by atoms with Gasteiger partial charge in [-0.25, -0.2) is 4.98 Å². The zero-order valence-electron chi connectivity index (χ0n) is 14.7. The Morgan fingerprint density at radius 1 is 1.23 bits per heavy atom. The summed E-state index contributed by atoms with van der Waals surface area (Å²) in [6.07, 6.45) is 2.19. The zero-order valence-corrected chi connectivity index (χ0v) is 15.6. The van der Waals surface area contributed by atoms with E-state index in [0.29, 0.717) is 16.3 Å². The van der Waals surface area contributed by atoms with Crippen molar-refractivity contribution >= 4 is 22.4 Å². The molecule has 3 rings (SSSR count). The third kappa shape index (κ3) is 3.98. The topological polar surface area (TPSA) is 65.8 Å². The number of carbonyl (C=O) groups is 1. The lowest BCUT2D eigenvalue weighted by Gasteiger charge is -2.03. The number of hydrogen-bond donors (Lipinski definition) is 1. The number of carbonyl (C=O) groups excluding carboxylic acids is 1. The number of nitrogens with zero attached hydrogens (tertiary/aromatic N) is 2. The SMILES string of the molecule is CCCc1ccc(-c2nc(NC(=O)c3cccc(C#N)c3)sc2C)cc1. The van der Waals surface area contributed by atoms with Crippen molar-refractivity contribution in [3.8, 4) is 17.3 Å². The van der Waals surface area contributed by atoms with Crippen molar-refractivity contribution in [1.29, 1.82) is 5.26 Å². The fourth-order valence-corrected chi connectivity index (χ4v) is 3.57. The van der Waals surface area contributed by atoms with E-state index < -0.39 is 0 Å². The third-order valence-corrected chi connectivity index (χ3v) is 4.92. The molecule has 5 heteroatoms. The van der Waals surface area contributed by atoms with Gasteiger partial charge in [0.1, 0.15) is 0 Å². The highest BCUT2D eigenvalue weighted by molar-refractivity contribution is 7.16. The van der Waals surface area contributed by atoms with Crippen LogP contribution < -0.4 is 5.32 Å². The minimum Gasteiger partial charge on any atom is -0.298 e. The van der Waals surface area contributed by atoms with Gasteiger partial charge in [-0.2, -0.15) is 5.26 Å². The molecule has 1 amide bonds. The van der Waals surface area contributed by atoms with E-state index >= 15 is 0 Å². The molecule has 3 aromatic rings. The number of benzene rings is 2. The van der Waals surface area contributed by atoms with Gasteiger partial charge in [-0.15, -0.1) is 11.3 Å². The van der Waals surface area contributed by atoms with Gasteiger partial charge in [-0.05, 0) is 37.1 Å². The molecule has 0 fully saturated rings. The van der Waals surface area contributed by atoms with E-state index in [0.717, 1.165) is 29.0 Å². The fourth-order valence-electron chi connectivity index (χ4n) is 2.73. The minimum absolute atomic E-state index is 0.263. The molecule has 1 aromatic heterocycles. The molecule has 1 N–H and O–H groups in total. The van der Waals surface area contributed by atoms with Crippen molar-refractivity contribution in [2.75, 3.05) is 5.32 Å². The molecule has 0 unspecified atom stereocenters. The lowest BCUT2D eigenvalue weighted by atomic mass is 10.1. The summed E-state index contributed by atoms with van der Waals surface area (Å²) in [6.45, 7) is 4.17. The molecule has 0 spiro atoms. The molecule has 4 nitrogen and oxygen atoms in total. The number of aromatic nitrogens is 1. The highest BCUT2D eigenvalue weighted by Gasteiger charge is 2.13. The molecule has 2 aromatic carbocycles. The average Bonchev–Trinajstić information content (AvgIpc) is 3.02. The Balaban J connectivity index is 1.79. The van der Waals surface area contributed by atoms with Gasteiger partial charge in [0, 0.05) is 16.0 Å². The van der Waals surface area contributed by atoms with Gasteiger partial charge in [0.25, 0.3) is 5.91 Å². The Hall–Kier alpha value is -2.97. The van der Waals surface area contributed by atoms with Crippen LogP contribution in [0.1, 0.15) is 39.7 Å². The standard InChI is InChI=1S/C21H19N3OS/c1-3-5-15-8-10-17(11-9-15)19-14(2)26-21(23-19)24-20(25)18-7-4-6-16(12-18)13-22/h4,6-12H,3,5H2,1-2H3,(H,23,24,25). The van der Waals surface area contributed by atoms with Gasteiger partial charge in [-0.3, -0.25) is 10.1 Å². The van der Waals surface area contributed by atoms with Crippen molar-refractivity contribution in [2.24, 2.45) is 0 Å². The smallest absolute Gasteiger partial charge is 0.257 e. The molecule has 0 aliphatic heterocycles. The van der Waals surface area contributed by atoms with E-state index in [9.17, 15) is 4.79 Å². The van der Waals surface area contributed by atoms with Crippen molar-refractivity contribution in [3.05, 3.63) is 70.1 Å². The van der Waals surface area contributed by atoms with Crippen LogP contribution in [0.4, 0.5) is 5.13 Å². The van der Waals surface area contributed by atoms with E-state index in [2.05, 4.69) is 41.5 Å². The number of aryl methyl sites for hydroxylation is 2. The Morgan fingerprint density at radius 3 is 2.69 bits per heavy atom. The monoisotopic (exact) mass is 361 g/mol. The molecule has 1 heterocycles. The first-order valence-corrected chi connectivity index (χ1v) is 9.30. The molecular weight excluding hydrogens is 342 g/mol. The fraction of sp³-hybridized carbons (Fsp3) is 0.190. The quantitative estimate of drug-likeness (QED) is 0.679. The third-order valence-electron chi connectivity index (χ3n) is 4.04. The molecular formula is C21H19N3OS. The van der Waals surface area contributed by atoms with E-state index in [4.69, 9.17) is 5.26 Å². The van der Waals surface area contributed by atoms with Crippen LogP contribution in [-0.2, 0) is 6.42 Å². The maximum Gasteiger partial charge on any atom is 0.257 e. The maximum absolute atomic E-state index is 12.4. The van der Waals surface area contributed by atoms with Gasteiger partial charge in [0.2, 0.25) is 0 Å². The number of anilines is 1. The minimum atomic E-state index is -0.263. The second-order valence-corrected chi connectivity index (χ2v) is 7.22. The lowest BCUT2D eigenvalue weighted by molar-refractivity contribution is 0.102. The van der Waals surface area contributed by atoms with Crippen molar-refractivity contribution in [1.82, 2.24) is 4.98 Å². The van der Waals surface area contributed by atoms with Crippen molar-refractivity contribution < 1.29 is 4.79 Å². The highest BCUT2D eigenvalue weighted by Crippen LogP contribution is 2.31. The summed E-state index contributed by atoms with van der Waals surface area (Å²) in [6, 6.07) is 17.1. The van der Waals surface area contributed by atoms with Crippen LogP contribution in [0.2, 0.25) is 0 Å². The molecule has 0 aliphatic rings. The first-order valence-electron chi connectivity index (χ1n) is 8.49. The summed E-state index contributed by atoms with van der Waals surface area (Å²) in [5.74, 6) is -0.263. The van der Waals surface area contributed by atoms with Crippen LogP contribution in [0.25, 0.3) is 11.3 Å². The van der Waals surface area contributed by atoms with Crippen molar-refractivity contribution in [3.63, 3.8) is 0 Å². The summed E-state index contributed by atoms with van der Waals surface area (Å²) in [5, 5.41) is 12.3. The van der Waals surface area contributed by atoms with Gasteiger partial charge < -0.3 is 0 Å². The molecule has 130 valence electrons. The van der Waals surface area contributed by atoms with E-state index in [-0.39, 0.29) is 5.91 Å². The Kier molecular flexibility index (Phi) is 5.45. The molecule has 0 radical (unpaired) electrons. The van der Waals surface area contributed by atoms with Gasteiger partial charge in [0.15, 0.2) is 5.13 Å². The van der Waals surface area contributed by atoms with Crippen LogP contribution in [0.5, 0.6) is 0 Å². The van der Waals surface area contributed by atoms with Crippen LogP contribution >= 0.6 is 11.3 Å². The summed E-state index contributed by atoms with van der Waals surface area (Å²) in [4.78, 5) is 18.0. The number of amides is 1. The number of hydrogen-bond acceptors (Lipinski definition) is 4. The lowest BCUT2D eigenvalue weighted by Crippen LogP contribution is -2.11. The normalized spacial score (nSPS) is 10.3. The maximum atomic E-state index is 12.4. The number of nitriles is 1. The predicted molar refractivity (Wildman–Crippen MR) is 105 cm³/mol. The Bertz CT molecular complexity index is 968. The number of thiazole rings is 1. The molecule has 0 saturated carbocycles. The second-order valence-electron chi connectivity index (χ2n) is 6.02. The van der Waals surface area contributed by atoms with Gasteiger partial charge in [0.05, 0.1) is 17.3 Å². The Morgan fingerprint density at radius 2 is 2.00 bits per heavy atom. The molecule has 0 saturated heterocycles. The summed E-state index contributed by atoms with van der Waals surface area (Å²) < 4.78 is 0. The first kappa shape index (κ1) is 17.8. The summed E-state index contributed by atoms with van der Waals surface area (Å²) >= 11 is 1.45. The summed E-state index contributed by atoms with van der Waals surface area (Å²) in [5.41, 5.74) is 4.16. The molecule has 0 bridgehead atoms. The van der Waals surface area contributed by atoms with Crippen molar-refractivity contribution in [2.45, 2.75) is 26.7 Å². The highest BCUT2D eigenvalue weighted by atomic mass is 32.1. The van der Waals surface area contributed by atoms with Gasteiger partial charge in [-0.1, -0.05) is 43.7 Å². The zero-order chi connectivity index (χ0) is 18.5. The largest absolute Gasteiger partial charge is 0.298 e. The van der Waals surface area contributed by atoms with Crippen LogP contribution in [0.15, 0.2) is 48.5 Å². The average molecular weight is 361 g/mol. The number of nitrogens with one attached hydrogen (secondary N) is 1. The van der Waals surface area contributed by atoms with E-state index in [1.165, 1.54) is 16.9 Å². The number of rotatable bonds is 5. The predicted octanol–water partition coefficient (Wildman–Crippen LogP) is 5.20. The first-order chi connectivity index (χ1) is 12.6. The van der Waals surface area contributed by atoms with Crippen LogP contribution in [-0.4, -0.2) is 10.9 Å².